The Morgan fingerprint density at radius 2 is 1.69 bits per heavy atom. The molecule has 0 aliphatic heterocycles. The molecule has 178 valence electrons. The van der Waals surface area contributed by atoms with Crippen molar-refractivity contribution in [3.63, 3.8) is 0 Å². The maximum atomic E-state index is 14.1. The Hall–Kier alpha value is -4.63. The number of nitro groups is 1. The summed E-state index contributed by atoms with van der Waals surface area (Å²) in [5.41, 5.74) is 1.20. The molecule has 0 atom stereocenters. The summed E-state index contributed by atoms with van der Waals surface area (Å²) in [4.78, 5) is 20.2. The summed E-state index contributed by atoms with van der Waals surface area (Å²) in [7, 11) is 0. The Morgan fingerprint density at radius 1 is 0.917 bits per heavy atom. The second-order valence-electron chi connectivity index (χ2n) is 7.67. The number of non-ortho nitro benzene ring substituents is 1. The van der Waals surface area contributed by atoms with E-state index in [1.165, 1.54) is 12.1 Å². The minimum Gasteiger partial charge on any atom is -0.454 e. The predicted molar refractivity (Wildman–Crippen MR) is 133 cm³/mol. The smallest absolute Gasteiger partial charge is 0.275 e. The SMILES string of the molecule is O=[N+]([O-])c1cc(Nc2nc(-c3ccccc3Cl)nc3ccccc23)cc(Oc2ccc(F)cc2F)c1. The number of halogens is 3. The van der Waals surface area contributed by atoms with Crippen LogP contribution in [0.4, 0.5) is 26.0 Å². The van der Waals surface area contributed by atoms with Crippen LogP contribution < -0.4 is 10.1 Å². The van der Waals surface area contributed by atoms with Gasteiger partial charge in [-0.05, 0) is 36.4 Å². The standard InChI is InChI=1S/C26H15ClF2N4O3/c27-21-7-3-1-5-19(21)25-31-23-8-4-2-6-20(23)26(32-25)30-16-12-17(33(34)35)14-18(13-16)36-24-10-9-15(28)11-22(24)29/h1-14H,(H,30,31,32). The second-order valence-corrected chi connectivity index (χ2v) is 8.07. The first-order valence-corrected chi connectivity index (χ1v) is 11.0. The van der Waals surface area contributed by atoms with Crippen LogP contribution in [0.25, 0.3) is 22.3 Å². The Labute approximate surface area is 208 Å². The number of fused-ring (bicyclic) bond motifs is 1. The summed E-state index contributed by atoms with van der Waals surface area (Å²) in [6.45, 7) is 0. The van der Waals surface area contributed by atoms with E-state index in [1.807, 2.05) is 24.3 Å². The fraction of sp³-hybridized carbons (Fsp3) is 0. The fourth-order valence-corrected chi connectivity index (χ4v) is 3.80. The highest BCUT2D eigenvalue weighted by molar-refractivity contribution is 6.33. The van der Waals surface area contributed by atoms with Gasteiger partial charge in [-0.3, -0.25) is 10.1 Å². The van der Waals surface area contributed by atoms with Crippen molar-refractivity contribution in [2.45, 2.75) is 0 Å². The van der Waals surface area contributed by atoms with Crippen molar-refractivity contribution in [2.75, 3.05) is 5.32 Å². The summed E-state index contributed by atoms with van der Waals surface area (Å²) in [6.07, 6.45) is 0. The van der Waals surface area contributed by atoms with E-state index < -0.39 is 16.6 Å². The van der Waals surface area contributed by atoms with Crippen LogP contribution in [0.15, 0.2) is 84.9 Å². The van der Waals surface area contributed by atoms with Crippen molar-refractivity contribution in [3.05, 3.63) is 112 Å². The van der Waals surface area contributed by atoms with Crippen LogP contribution in [0.3, 0.4) is 0 Å². The molecule has 0 saturated heterocycles. The van der Waals surface area contributed by atoms with Gasteiger partial charge in [-0.15, -0.1) is 0 Å². The molecule has 10 heteroatoms. The van der Waals surface area contributed by atoms with Gasteiger partial charge in [-0.1, -0.05) is 35.9 Å². The lowest BCUT2D eigenvalue weighted by Gasteiger charge is -2.13. The van der Waals surface area contributed by atoms with Gasteiger partial charge in [-0.25, -0.2) is 18.7 Å². The van der Waals surface area contributed by atoms with Crippen LogP contribution >= 0.6 is 11.6 Å². The van der Waals surface area contributed by atoms with E-state index in [0.717, 1.165) is 18.2 Å². The normalized spacial score (nSPS) is 10.9. The number of aromatic nitrogens is 2. The van der Waals surface area contributed by atoms with Gasteiger partial charge >= 0.3 is 0 Å². The van der Waals surface area contributed by atoms with Crippen LogP contribution in [0.1, 0.15) is 0 Å². The summed E-state index contributed by atoms with van der Waals surface area (Å²) in [6, 6.07) is 21.0. The van der Waals surface area contributed by atoms with Gasteiger partial charge in [0.25, 0.3) is 5.69 Å². The first kappa shape index (κ1) is 23.1. The maximum Gasteiger partial charge on any atom is 0.275 e. The van der Waals surface area contributed by atoms with E-state index in [4.69, 9.17) is 16.3 Å². The lowest BCUT2D eigenvalue weighted by Crippen LogP contribution is -2.01. The molecule has 4 aromatic carbocycles. The topological polar surface area (TPSA) is 90.2 Å². The molecular weight excluding hydrogens is 490 g/mol. The van der Waals surface area contributed by atoms with Gasteiger partial charge in [-0.2, -0.15) is 0 Å². The lowest BCUT2D eigenvalue weighted by molar-refractivity contribution is -0.384. The molecule has 0 saturated carbocycles. The molecule has 0 aliphatic rings. The number of anilines is 2. The van der Waals surface area contributed by atoms with E-state index >= 15 is 0 Å². The molecule has 1 aromatic heterocycles. The number of hydrogen-bond acceptors (Lipinski definition) is 6. The van der Waals surface area contributed by atoms with E-state index in [9.17, 15) is 18.9 Å². The molecule has 0 bridgehead atoms. The van der Waals surface area contributed by atoms with Crippen LogP contribution in [0, 0.1) is 21.7 Å². The van der Waals surface area contributed by atoms with Crippen LogP contribution in [0.2, 0.25) is 5.02 Å². The summed E-state index contributed by atoms with van der Waals surface area (Å²) < 4.78 is 32.9. The number of hydrogen-bond donors (Lipinski definition) is 1. The van der Waals surface area contributed by atoms with Gasteiger partial charge in [0, 0.05) is 29.1 Å². The number of nitro benzene ring substituents is 1. The van der Waals surface area contributed by atoms with E-state index in [0.29, 0.717) is 39.2 Å². The number of rotatable bonds is 6. The number of benzene rings is 4. The lowest BCUT2D eigenvalue weighted by atomic mass is 10.1. The monoisotopic (exact) mass is 504 g/mol. The molecule has 1 N–H and O–H groups in total. The van der Waals surface area contributed by atoms with Crippen molar-refractivity contribution in [3.8, 4) is 22.9 Å². The zero-order chi connectivity index (χ0) is 25.2. The molecule has 0 fully saturated rings. The van der Waals surface area contributed by atoms with Crippen molar-refractivity contribution >= 4 is 39.7 Å². The van der Waals surface area contributed by atoms with Crippen molar-refractivity contribution in [1.29, 1.82) is 0 Å². The summed E-state index contributed by atoms with van der Waals surface area (Å²) >= 11 is 6.35. The summed E-state index contributed by atoms with van der Waals surface area (Å²) in [5, 5.41) is 15.8. The third-order valence-corrected chi connectivity index (χ3v) is 5.53. The third kappa shape index (κ3) is 4.77. The molecule has 7 nitrogen and oxygen atoms in total. The Balaban J connectivity index is 1.59. The second kappa shape index (κ2) is 9.55. The van der Waals surface area contributed by atoms with E-state index in [1.54, 1.807) is 24.3 Å². The molecule has 0 amide bonds. The van der Waals surface area contributed by atoms with Gasteiger partial charge in [0.2, 0.25) is 0 Å². The summed E-state index contributed by atoms with van der Waals surface area (Å²) in [5.74, 6) is -1.29. The van der Waals surface area contributed by atoms with Crippen molar-refractivity contribution < 1.29 is 18.4 Å². The highest BCUT2D eigenvalue weighted by Gasteiger charge is 2.16. The molecule has 36 heavy (non-hydrogen) atoms. The molecule has 5 rings (SSSR count). The molecule has 0 aliphatic carbocycles. The first-order valence-electron chi connectivity index (χ1n) is 10.6. The number of ether oxygens (including phenoxy) is 1. The average Bonchev–Trinajstić information content (AvgIpc) is 2.86. The van der Waals surface area contributed by atoms with Gasteiger partial charge in [0.15, 0.2) is 17.4 Å². The zero-order valence-corrected chi connectivity index (χ0v) is 19.0. The molecule has 0 spiro atoms. The largest absolute Gasteiger partial charge is 0.454 e. The average molecular weight is 505 g/mol. The molecular formula is C26H15ClF2N4O3. The van der Waals surface area contributed by atoms with Crippen LogP contribution in [-0.2, 0) is 0 Å². The zero-order valence-electron chi connectivity index (χ0n) is 18.3. The maximum absolute atomic E-state index is 14.1. The van der Waals surface area contributed by atoms with E-state index in [-0.39, 0.29) is 22.9 Å². The van der Waals surface area contributed by atoms with Gasteiger partial charge in [0.1, 0.15) is 17.4 Å². The van der Waals surface area contributed by atoms with Crippen LogP contribution in [-0.4, -0.2) is 14.9 Å². The van der Waals surface area contributed by atoms with Gasteiger partial charge in [0.05, 0.1) is 27.2 Å². The Kier molecular flexibility index (Phi) is 6.14. The number of nitrogens with zero attached hydrogens (tertiary/aromatic N) is 3. The fourth-order valence-electron chi connectivity index (χ4n) is 3.58. The minimum atomic E-state index is -0.942. The predicted octanol–water partition coefficient (Wildman–Crippen LogP) is 7.67. The highest BCUT2D eigenvalue weighted by atomic mass is 35.5. The van der Waals surface area contributed by atoms with Gasteiger partial charge < -0.3 is 10.1 Å². The minimum absolute atomic E-state index is 0.0260. The van der Waals surface area contributed by atoms with Crippen LogP contribution in [0.5, 0.6) is 11.5 Å². The third-order valence-electron chi connectivity index (χ3n) is 5.20. The molecule has 0 unspecified atom stereocenters. The van der Waals surface area contributed by atoms with E-state index in [2.05, 4.69) is 15.3 Å². The molecule has 1 heterocycles. The Morgan fingerprint density at radius 3 is 2.47 bits per heavy atom. The Bertz CT molecular complexity index is 1630. The first-order chi connectivity index (χ1) is 17.4. The highest BCUT2D eigenvalue weighted by Crippen LogP contribution is 2.35. The quantitative estimate of drug-likeness (QED) is 0.188. The van der Waals surface area contributed by atoms with Crippen molar-refractivity contribution in [1.82, 2.24) is 9.97 Å². The number of nitrogens with one attached hydrogen (secondary N) is 1. The molecule has 5 aromatic rings. The van der Waals surface area contributed by atoms with Crippen molar-refractivity contribution in [2.24, 2.45) is 0 Å². The molecule has 0 radical (unpaired) electrons. The number of para-hydroxylation sites is 1.